The summed E-state index contributed by atoms with van der Waals surface area (Å²) in [5, 5.41) is 0. The third-order valence-electron chi connectivity index (χ3n) is 2.24. The number of nitrogen functional groups attached to an aromatic ring is 1. The maximum absolute atomic E-state index is 11.1. The van der Waals surface area contributed by atoms with Gasteiger partial charge in [-0.15, -0.1) is 0 Å². The Morgan fingerprint density at radius 3 is 3.13 bits per heavy atom. The van der Waals surface area contributed by atoms with E-state index >= 15 is 0 Å². The molecule has 5 nitrogen and oxygen atoms in total. The monoisotopic (exact) mass is 205 g/mol. The van der Waals surface area contributed by atoms with E-state index in [9.17, 15) is 4.79 Å². The fourth-order valence-corrected chi connectivity index (χ4v) is 1.42. The number of nitrogens with two attached hydrogens (primary N) is 1. The van der Waals surface area contributed by atoms with Crippen molar-refractivity contribution in [2.24, 2.45) is 0 Å². The lowest BCUT2D eigenvalue weighted by Crippen LogP contribution is -2.06. The Bertz CT molecular complexity index is 504. The van der Waals surface area contributed by atoms with E-state index in [-0.39, 0.29) is 12.4 Å². The number of hydrogen-bond donors (Lipinski definition) is 2. The molecule has 1 heterocycles. The topological polar surface area (TPSA) is 81.0 Å². The molecular formula is C10H11N3O2. The maximum Gasteiger partial charge on any atom is 0.310 e. The predicted molar refractivity (Wildman–Crippen MR) is 56.2 cm³/mol. The summed E-state index contributed by atoms with van der Waals surface area (Å²) in [5.41, 5.74) is 8.75. The molecule has 0 fully saturated rings. The van der Waals surface area contributed by atoms with Crippen LogP contribution in [0.1, 0.15) is 5.56 Å². The summed E-state index contributed by atoms with van der Waals surface area (Å²) < 4.78 is 4.58. The minimum absolute atomic E-state index is 0.178. The van der Waals surface area contributed by atoms with Crippen molar-refractivity contribution in [1.29, 1.82) is 0 Å². The van der Waals surface area contributed by atoms with Crippen LogP contribution in [-0.2, 0) is 16.0 Å². The third kappa shape index (κ3) is 1.76. The van der Waals surface area contributed by atoms with Crippen LogP contribution in [0.25, 0.3) is 11.0 Å². The van der Waals surface area contributed by atoms with Crippen LogP contribution in [0.2, 0.25) is 0 Å². The molecule has 0 spiro atoms. The number of carbonyl (C=O) groups is 1. The molecule has 5 heteroatoms. The first-order valence-electron chi connectivity index (χ1n) is 4.49. The van der Waals surface area contributed by atoms with Gasteiger partial charge in [0.25, 0.3) is 0 Å². The van der Waals surface area contributed by atoms with Crippen LogP contribution in [0.4, 0.5) is 5.69 Å². The van der Waals surface area contributed by atoms with E-state index < -0.39 is 0 Å². The third-order valence-corrected chi connectivity index (χ3v) is 2.24. The van der Waals surface area contributed by atoms with Crippen LogP contribution in [-0.4, -0.2) is 23.0 Å². The number of aromatic amines is 1. The maximum atomic E-state index is 11.1. The number of hydrogen-bond acceptors (Lipinski definition) is 4. The molecular weight excluding hydrogens is 194 g/mol. The molecule has 15 heavy (non-hydrogen) atoms. The lowest BCUT2D eigenvalue weighted by atomic mass is 10.1. The molecule has 0 radical (unpaired) electrons. The van der Waals surface area contributed by atoms with Crippen molar-refractivity contribution in [2.75, 3.05) is 12.8 Å². The van der Waals surface area contributed by atoms with Gasteiger partial charge in [-0.1, -0.05) is 0 Å². The first kappa shape index (κ1) is 9.51. The van der Waals surface area contributed by atoms with E-state index in [1.165, 1.54) is 7.11 Å². The van der Waals surface area contributed by atoms with Crippen LogP contribution in [0.5, 0.6) is 0 Å². The molecule has 1 aromatic carbocycles. The van der Waals surface area contributed by atoms with Crippen LogP contribution in [0, 0.1) is 0 Å². The van der Waals surface area contributed by atoms with E-state index in [2.05, 4.69) is 14.7 Å². The highest BCUT2D eigenvalue weighted by Gasteiger charge is 2.08. The number of nitrogens with one attached hydrogen (secondary N) is 1. The van der Waals surface area contributed by atoms with Crippen LogP contribution in [0.15, 0.2) is 18.5 Å². The largest absolute Gasteiger partial charge is 0.469 e. The number of imidazole rings is 1. The first-order valence-corrected chi connectivity index (χ1v) is 4.49. The molecule has 0 aliphatic rings. The lowest BCUT2D eigenvalue weighted by Gasteiger charge is -2.04. The normalized spacial score (nSPS) is 10.5. The fourth-order valence-electron chi connectivity index (χ4n) is 1.42. The van der Waals surface area contributed by atoms with Gasteiger partial charge in [0, 0.05) is 5.69 Å². The van der Waals surface area contributed by atoms with E-state index in [0.717, 1.165) is 16.6 Å². The second-order valence-electron chi connectivity index (χ2n) is 3.22. The average Bonchev–Trinajstić information content (AvgIpc) is 2.65. The quantitative estimate of drug-likeness (QED) is 0.562. The van der Waals surface area contributed by atoms with Gasteiger partial charge in [-0.25, -0.2) is 4.98 Å². The SMILES string of the molecule is COC(=O)Cc1cc2[nH]cnc2cc1N. The molecule has 0 aliphatic heterocycles. The summed E-state index contributed by atoms with van der Waals surface area (Å²) in [5.74, 6) is -0.305. The van der Waals surface area contributed by atoms with Gasteiger partial charge in [-0.2, -0.15) is 0 Å². The highest BCUT2D eigenvalue weighted by atomic mass is 16.5. The van der Waals surface area contributed by atoms with Crippen molar-refractivity contribution in [2.45, 2.75) is 6.42 Å². The minimum atomic E-state index is -0.305. The second-order valence-corrected chi connectivity index (χ2v) is 3.22. The standard InChI is InChI=1S/C10H11N3O2/c1-15-10(14)3-6-2-8-9(4-7(6)11)13-5-12-8/h2,4-5H,3,11H2,1H3,(H,12,13). The minimum Gasteiger partial charge on any atom is -0.469 e. The van der Waals surface area contributed by atoms with Crippen molar-refractivity contribution in [3.8, 4) is 0 Å². The van der Waals surface area contributed by atoms with Crippen molar-refractivity contribution in [3.63, 3.8) is 0 Å². The van der Waals surface area contributed by atoms with Gasteiger partial charge < -0.3 is 15.5 Å². The number of benzene rings is 1. The number of methoxy groups -OCH3 is 1. The van der Waals surface area contributed by atoms with Gasteiger partial charge in [0.1, 0.15) is 0 Å². The first-order chi connectivity index (χ1) is 7.20. The van der Waals surface area contributed by atoms with Gasteiger partial charge in [-0.3, -0.25) is 4.79 Å². The summed E-state index contributed by atoms with van der Waals surface area (Å²) in [4.78, 5) is 18.1. The average molecular weight is 205 g/mol. The van der Waals surface area contributed by atoms with Gasteiger partial charge in [0.05, 0.1) is 30.9 Å². The Hall–Kier alpha value is -2.04. The van der Waals surface area contributed by atoms with Crippen molar-refractivity contribution in [1.82, 2.24) is 9.97 Å². The number of rotatable bonds is 2. The van der Waals surface area contributed by atoms with E-state index in [4.69, 9.17) is 5.73 Å². The number of nitrogens with zero attached hydrogens (tertiary/aromatic N) is 1. The molecule has 2 aromatic rings. The Morgan fingerprint density at radius 2 is 2.40 bits per heavy atom. The molecule has 78 valence electrons. The summed E-state index contributed by atoms with van der Waals surface area (Å²) in [6.07, 6.45) is 1.77. The predicted octanol–water partition coefficient (Wildman–Crippen LogP) is 0.861. The number of fused-ring (bicyclic) bond motifs is 1. The van der Waals surface area contributed by atoms with E-state index in [1.807, 2.05) is 6.07 Å². The molecule has 0 saturated carbocycles. The zero-order chi connectivity index (χ0) is 10.8. The molecule has 1 aromatic heterocycles. The Labute approximate surface area is 86.3 Å². The number of carbonyl (C=O) groups excluding carboxylic acids is 1. The number of anilines is 1. The molecule has 0 aliphatic carbocycles. The van der Waals surface area contributed by atoms with Crippen molar-refractivity contribution < 1.29 is 9.53 Å². The van der Waals surface area contributed by atoms with E-state index in [0.29, 0.717) is 5.69 Å². The van der Waals surface area contributed by atoms with Crippen LogP contribution in [0.3, 0.4) is 0 Å². The van der Waals surface area contributed by atoms with Crippen molar-refractivity contribution in [3.05, 3.63) is 24.0 Å². The zero-order valence-corrected chi connectivity index (χ0v) is 8.28. The van der Waals surface area contributed by atoms with E-state index in [1.54, 1.807) is 12.4 Å². The molecule has 3 N–H and O–H groups in total. The fraction of sp³-hybridized carbons (Fsp3) is 0.200. The number of H-pyrrole nitrogens is 1. The molecule has 0 saturated heterocycles. The summed E-state index contributed by atoms with van der Waals surface area (Å²) in [6, 6.07) is 3.55. The highest BCUT2D eigenvalue weighted by molar-refractivity contribution is 5.83. The second kappa shape index (κ2) is 3.61. The van der Waals surface area contributed by atoms with Gasteiger partial charge in [0.15, 0.2) is 0 Å². The van der Waals surface area contributed by atoms with Gasteiger partial charge >= 0.3 is 5.97 Å². The van der Waals surface area contributed by atoms with Gasteiger partial charge in [-0.05, 0) is 17.7 Å². The summed E-state index contributed by atoms with van der Waals surface area (Å²) in [6.45, 7) is 0. The number of ether oxygens (including phenoxy) is 1. The highest BCUT2D eigenvalue weighted by Crippen LogP contribution is 2.19. The molecule has 0 amide bonds. The van der Waals surface area contributed by atoms with Crippen molar-refractivity contribution >= 4 is 22.7 Å². The zero-order valence-electron chi connectivity index (χ0n) is 8.28. The summed E-state index contributed by atoms with van der Waals surface area (Å²) >= 11 is 0. The number of esters is 1. The lowest BCUT2D eigenvalue weighted by molar-refractivity contribution is -0.139. The molecule has 0 bridgehead atoms. The van der Waals surface area contributed by atoms with Crippen LogP contribution >= 0.6 is 0 Å². The molecule has 2 rings (SSSR count). The van der Waals surface area contributed by atoms with Crippen LogP contribution < -0.4 is 5.73 Å². The summed E-state index contributed by atoms with van der Waals surface area (Å²) in [7, 11) is 1.35. The smallest absolute Gasteiger partial charge is 0.310 e. The molecule has 0 unspecified atom stereocenters. The Kier molecular flexibility index (Phi) is 2.29. The van der Waals surface area contributed by atoms with Gasteiger partial charge in [0.2, 0.25) is 0 Å². The molecule has 0 atom stereocenters. The Balaban J connectivity index is 2.41. The number of aromatic nitrogens is 2. The Morgan fingerprint density at radius 1 is 1.60 bits per heavy atom.